The molecule has 2 aromatic heterocycles. The molecule has 2 aliphatic rings. The van der Waals surface area contributed by atoms with Crippen LogP contribution in [0.25, 0.3) is 16.6 Å². The van der Waals surface area contributed by atoms with Crippen molar-refractivity contribution < 1.29 is 4.79 Å². The number of nitrogens with two attached hydrogens (primary N) is 1. The molecule has 22 heavy (non-hydrogen) atoms. The number of aromatic amines is 1. The molecule has 2 aliphatic heterocycles. The van der Waals surface area contributed by atoms with Crippen LogP contribution in [0.15, 0.2) is 18.3 Å². The molecule has 0 aliphatic carbocycles. The van der Waals surface area contributed by atoms with Crippen molar-refractivity contribution in [3.8, 4) is 0 Å². The summed E-state index contributed by atoms with van der Waals surface area (Å²) in [6, 6.07) is 2.30. The summed E-state index contributed by atoms with van der Waals surface area (Å²) in [5, 5.41) is 0. The molecule has 1 atom stereocenters. The number of nitrogens with zero attached hydrogens (tertiary/aromatic N) is 2. The van der Waals surface area contributed by atoms with Gasteiger partial charge in [-0.25, -0.2) is 4.98 Å². The van der Waals surface area contributed by atoms with Crippen molar-refractivity contribution >= 4 is 28.2 Å². The molecule has 0 amide bonds. The molecule has 1 fully saturated rings. The van der Waals surface area contributed by atoms with Crippen molar-refractivity contribution in [2.24, 2.45) is 0 Å². The maximum Gasteiger partial charge on any atom is 0.162 e. The van der Waals surface area contributed by atoms with Gasteiger partial charge in [0.1, 0.15) is 5.82 Å². The Labute approximate surface area is 129 Å². The number of nitrogens with one attached hydrogen (secondary N) is 1. The lowest BCUT2D eigenvalue weighted by Crippen LogP contribution is -2.32. The second-order valence-corrected chi connectivity index (χ2v) is 6.30. The van der Waals surface area contributed by atoms with Gasteiger partial charge in [0.25, 0.3) is 0 Å². The lowest BCUT2D eigenvalue weighted by atomic mass is 9.95. The molecule has 0 saturated carbocycles. The van der Waals surface area contributed by atoms with Gasteiger partial charge in [-0.15, -0.1) is 0 Å². The smallest absolute Gasteiger partial charge is 0.162 e. The molecule has 1 unspecified atom stereocenters. The van der Waals surface area contributed by atoms with Gasteiger partial charge in [-0.1, -0.05) is 6.08 Å². The van der Waals surface area contributed by atoms with Crippen LogP contribution in [0.2, 0.25) is 0 Å². The van der Waals surface area contributed by atoms with Gasteiger partial charge in [0.05, 0.1) is 11.0 Å². The van der Waals surface area contributed by atoms with Gasteiger partial charge in [-0.2, -0.15) is 0 Å². The molecule has 1 saturated heterocycles. The van der Waals surface area contributed by atoms with Crippen molar-refractivity contribution in [2.45, 2.75) is 32.2 Å². The average Bonchev–Trinajstić information content (AvgIpc) is 3.11. The van der Waals surface area contributed by atoms with Crippen molar-refractivity contribution in [1.29, 1.82) is 0 Å². The lowest BCUT2D eigenvalue weighted by Gasteiger charge is -2.28. The number of hydrogen-bond donors (Lipinski definition) is 2. The molecule has 0 bridgehead atoms. The van der Waals surface area contributed by atoms with E-state index in [2.05, 4.69) is 20.9 Å². The number of nitrogen functional groups attached to an aromatic ring is 1. The maximum atomic E-state index is 11.8. The number of aromatic nitrogens is 2. The molecule has 3 N–H and O–H groups in total. The first kappa shape index (κ1) is 13.5. The molecule has 5 heteroatoms. The van der Waals surface area contributed by atoms with Gasteiger partial charge >= 0.3 is 0 Å². The summed E-state index contributed by atoms with van der Waals surface area (Å²) in [5.74, 6) is 0.407. The fourth-order valence-electron chi connectivity index (χ4n) is 3.79. The first-order valence-corrected chi connectivity index (χ1v) is 7.85. The van der Waals surface area contributed by atoms with E-state index < -0.39 is 0 Å². The van der Waals surface area contributed by atoms with Gasteiger partial charge < -0.3 is 10.7 Å². The Kier molecular flexibility index (Phi) is 3.04. The van der Waals surface area contributed by atoms with Crippen LogP contribution in [0.3, 0.4) is 0 Å². The molecule has 4 rings (SSSR count). The number of ketones is 1. The van der Waals surface area contributed by atoms with E-state index in [-0.39, 0.29) is 5.78 Å². The number of rotatable bonds is 2. The maximum absolute atomic E-state index is 11.8. The Hall–Kier alpha value is -2.14. The van der Waals surface area contributed by atoms with Gasteiger partial charge in [-0.05, 0) is 44.4 Å². The van der Waals surface area contributed by atoms with E-state index in [9.17, 15) is 4.79 Å². The van der Waals surface area contributed by atoms with Crippen molar-refractivity contribution in [1.82, 2.24) is 14.9 Å². The van der Waals surface area contributed by atoms with Crippen molar-refractivity contribution in [2.75, 3.05) is 18.8 Å². The topological polar surface area (TPSA) is 75.0 Å². The largest absolute Gasteiger partial charge is 0.384 e. The second kappa shape index (κ2) is 4.95. The van der Waals surface area contributed by atoms with Gasteiger partial charge in [0.2, 0.25) is 0 Å². The summed E-state index contributed by atoms with van der Waals surface area (Å²) < 4.78 is 0. The molecule has 0 aromatic carbocycles. The molecule has 2 aromatic rings. The summed E-state index contributed by atoms with van der Waals surface area (Å²) in [5.41, 5.74) is 10.6. The van der Waals surface area contributed by atoms with E-state index in [0.29, 0.717) is 17.4 Å². The monoisotopic (exact) mass is 296 g/mol. The highest BCUT2D eigenvalue weighted by atomic mass is 16.1. The average molecular weight is 296 g/mol. The number of anilines is 1. The quantitative estimate of drug-likeness (QED) is 0.835. The van der Waals surface area contributed by atoms with Crippen molar-refractivity contribution in [3.05, 3.63) is 29.5 Å². The number of hydrogen-bond acceptors (Lipinski definition) is 4. The normalized spacial score (nSPS) is 21.9. The Bertz CT molecular complexity index is 789. The molecule has 114 valence electrons. The predicted octanol–water partition coefficient (Wildman–Crippen LogP) is 2.60. The Balaban J connectivity index is 1.81. The minimum absolute atomic E-state index is 0.00657. The zero-order chi connectivity index (χ0) is 15.3. The van der Waals surface area contributed by atoms with Crippen LogP contribution < -0.4 is 5.73 Å². The molecule has 4 heterocycles. The third-order valence-electron chi connectivity index (χ3n) is 4.91. The van der Waals surface area contributed by atoms with E-state index in [4.69, 9.17) is 5.73 Å². The zero-order valence-electron chi connectivity index (χ0n) is 12.7. The van der Waals surface area contributed by atoms with Crippen LogP contribution in [0.4, 0.5) is 5.82 Å². The first-order valence-electron chi connectivity index (χ1n) is 7.85. The van der Waals surface area contributed by atoms with E-state index >= 15 is 0 Å². The van der Waals surface area contributed by atoms with E-state index in [0.717, 1.165) is 29.6 Å². The predicted molar refractivity (Wildman–Crippen MR) is 87.7 cm³/mol. The highest BCUT2D eigenvalue weighted by Gasteiger charge is 2.29. The standard InChI is InChI=1S/C17H20N4O/c1-10(22)13-8-15(18)20-17-14(9-19-16(13)17)11-4-6-21-5-2-3-12(21)7-11/h4,8-9,12,19H,2-3,5-7H2,1H3,(H2,18,20). The number of Topliss-reactive ketones (excluding diaryl/α,β-unsaturated/α-hetero) is 1. The molecular weight excluding hydrogens is 276 g/mol. The number of carbonyl (C=O) groups excluding carboxylic acids is 1. The van der Waals surface area contributed by atoms with E-state index in [1.165, 1.54) is 25.0 Å². The van der Waals surface area contributed by atoms with E-state index in [1.807, 2.05) is 6.20 Å². The summed E-state index contributed by atoms with van der Waals surface area (Å²) in [6.07, 6.45) is 7.88. The highest BCUT2D eigenvalue weighted by Crippen LogP contribution is 2.35. The zero-order valence-corrected chi connectivity index (χ0v) is 12.7. The number of H-pyrrole nitrogens is 1. The summed E-state index contributed by atoms with van der Waals surface area (Å²) in [6.45, 7) is 3.78. The molecule has 0 spiro atoms. The first-order chi connectivity index (χ1) is 10.6. The summed E-state index contributed by atoms with van der Waals surface area (Å²) in [4.78, 5) is 22.1. The number of fused-ring (bicyclic) bond motifs is 2. The number of pyridine rings is 1. The molecular formula is C17H20N4O. The van der Waals surface area contributed by atoms with Crippen LogP contribution in [-0.4, -0.2) is 39.8 Å². The highest BCUT2D eigenvalue weighted by molar-refractivity contribution is 6.07. The Morgan fingerprint density at radius 2 is 2.36 bits per heavy atom. The van der Waals surface area contributed by atoms with Crippen LogP contribution in [0.1, 0.15) is 42.1 Å². The third-order valence-corrected chi connectivity index (χ3v) is 4.91. The van der Waals surface area contributed by atoms with Gasteiger partial charge in [0.15, 0.2) is 5.78 Å². The summed E-state index contributed by atoms with van der Waals surface area (Å²) >= 11 is 0. The van der Waals surface area contributed by atoms with Crippen LogP contribution in [-0.2, 0) is 0 Å². The fraction of sp³-hybridized carbons (Fsp3) is 0.412. The van der Waals surface area contributed by atoms with Crippen LogP contribution >= 0.6 is 0 Å². The molecule has 5 nitrogen and oxygen atoms in total. The molecule has 0 radical (unpaired) electrons. The minimum atomic E-state index is 0.00657. The number of carbonyl (C=O) groups is 1. The van der Waals surface area contributed by atoms with Crippen molar-refractivity contribution in [3.63, 3.8) is 0 Å². The van der Waals surface area contributed by atoms with Gasteiger partial charge in [0, 0.05) is 29.9 Å². The Morgan fingerprint density at radius 1 is 1.50 bits per heavy atom. The Morgan fingerprint density at radius 3 is 3.18 bits per heavy atom. The van der Waals surface area contributed by atoms with Gasteiger partial charge in [-0.3, -0.25) is 9.69 Å². The SMILES string of the molecule is CC(=O)c1cc(N)nc2c(C3=CCN4CCCC4C3)c[nH]c12. The fourth-order valence-corrected chi connectivity index (χ4v) is 3.79. The van der Waals surface area contributed by atoms with Crippen LogP contribution in [0, 0.1) is 0 Å². The second-order valence-electron chi connectivity index (χ2n) is 6.30. The van der Waals surface area contributed by atoms with Crippen LogP contribution in [0.5, 0.6) is 0 Å². The third kappa shape index (κ3) is 2.04. The van der Waals surface area contributed by atoms with E-state index in [1.54, 1.807) is 13.0 Å². The minimum Gasteiger partial charge on any atom is -0.384 e. The lowest BCUT2D eigenvalue weighted by molar-refractivity contribution is 0.101. The summed E-state index contributed by atoms with van der Waals surface area (Å²) in [7, 11) is 0.